The van der Waals surface area contributed by atoms with Gasteiger partial charge in [0.25, 0.3) is 0 Å². The average Bonchev–Trinajstić information content (AvgIpc) is 3.12. The molecule has 0 amide bonds. The standard InChI is InChI=1S/C16H18BrFN2O/c17-14-9-11(5-6-15(14)18)16(21)10-12-7-8-20(19-12)13-3-1-2-4-13/h5-9,13,16,21H,1-4,10H2. The van der Waals surface area contributed by atoms with Crippen LogP contribution in [0.25, 0.3) is 0 Å². The van der Waals surface area contributed by atoms with Crippen LogP contribution in [0.3, 0.4) is 0 Å². The molecular weight excluding hydrogens is 335 g/mol. The van der Waals surface area contributed by atoms with E-state index in [1.165, 1.54) is 31.7 Å². The second-order valence-corrected chi connectivity index (χ2v) is 6.47. The van der Waals surface area contributed by atoms with Gasteiger partial charge in [0.05, 0.1) is 22.3 Å². The first-order valence-electron chi connectivity index (χ1n) is 7.30. The van der Waals surface area contributed by atoms with E-state index in [-0.39, 0.29) is 5.82 Å². The van der Waals surface area contributed by atoms with Crippen molar-refractivity contribution in [2.24, 2.45) is 0 Å². The second kappa shape index (κ2) is 6.28. The lowest BCUT2D eigenvalue weighted by atomic mass is 10.1. The molecule has 1 heterocycles. The van der Waals surface area contributed by atoms with E-state index in [4.69, 9.17) is 0 Å². The first kappa shape index (κ1) is 14.7. The van der Waals surface area contributed by atoms with Crippen molar-refractivity contribution in [3.63, 3.8) is 0 Å². The van der Waals surface area contributed by atoms with Gasteiger partial charge in [-0.1, -0.05) is 18.9 Å². The Hall–Kier alpha value is -1.20. The summed E-state index contributed by atoms with van der Waals surface area (Å²) in [5.41, 5.74) is 1.56. The Morgan fingerprint density at radius 1 is 1.33 bits per heavy atom. The molecule has 3 rings (SSSR count). The minimum absolute atomic E-state index is 0.323. The fourth-order valence-electron chi connectivity index (χ4n) is 2.89. The third-order valence-corrected chi connectivity index (χ3v) is 4.70. The van der Waals surface area contributed by atoms with E-state index < -0.39 is 6.10 Å². The Morgan fingerprint density at radius 2 is 2.10 bits per heavy atom. The van der Waals surface area contributed by atoms with Crippen LogP contribution in [-0.2, 0) is 6.42 Å². The molecule has 2 aromatic rings. The number of benzene rings is 1. The Bertz CT molecular complexity index is 622. The molecule has 1 unspecified atom stereocenters. The van der Waals surface area contributed by atoms with Gasteiger partial charge in [0.1, 0.15) is 5.82 Å². The Kier molecular flexibility index (Phi) is 4.40. The Morgan fingerprint density at radius 3 is 2.81 bits per heavy atom. The molecule has 0 radical (unpaired) electrons. The maximum Gasteiger partial charge on any atom is 0.137 e. The van der Waals surface area contributed by atoms with Crippen LogP contribution in [-0.4, -0.2) is 14.9 Å². The topological polar surface area (TPSA) is 38.0 Å². The lowest BCUT2D eigenvalue weighted by molar-refractivity contribution is 0.176. The van der Waals surface area contributed by atoms with E-state index in [9.17, 15) is 9.50 Å². The van der Waals surface area contributed by atoms with Crippen molar-refractivity contribution in [1.82, 2.24) is 9.78 Å². The van der Waals surface area contributed by atoms with E-state index in [1.807, 2.05) is 16.9 Å². The summed E-state index contributed by atoms with van der Waals surface area (Å²) >= 11 is 3.14. The molecule has 0 saturated heterocycles. The molecule has 0 spiro atoms. The predicted octanol–water partition coefficient (Wildman–Crippen LogP) is 4.18. The minimum Gasteiger partial charge on any atom is -0.388 e. The monoisotopic (exact) mass is 352 g/mol. The summed E-state index contributed by atoms with van der Waals surface area (Å²) in [5.74, 6) is -0.323. The van der Waals surface area contributed by atoms with Crippen molar-refractivity contribution in [3.8, 4) is 0 Å². The molecule has 1 fully saturated rings. The smallest absolute Gasteiger partial charge is 0.137 e. The number of rotatable bonds is 4. The highest BCUT2D eigenvalue weighted by molar-refractivity contribution is 9.10. The molecule has 5 heteroatoms. The number of aromatic nitrogens is 2. The van der Waals surface area contributed by atoms with Gasteiger partial charge in [-0.05, 0) is 52.5 Å². The Labute approximate surface area is 131 Å². The second-order valence-electron chi connectivity index (χ2n) is 5.62. The van der Waals surface area contributed by atoms with Crippen molar-refractivity contribution in [2.75, 3.05) is 0 Å². The van der Waals surface area contributed by atoms with Crippen molar-refractivity contribution in [2.45, 2.75) is 44.2 Å². The number of aliphatic hydroxyl groups is 1. The third kappa shape index (κ3) is 3.35. The van der Waals surface area contributed by atoms with Gasteiger partial charge in [-0.15, -0.1) is 0 Å². The van der Waals surface area contributed by atoms with E-state index in [2.05, 4.69) is 21.0 Å². The quantitative estimate of drug-likeness (QED) is 0.896. The molecule has 0 bridgehead atoms. The van der Waals surface area contributed by atoms with Crippen LogP contribution in [0.4, 0.5) is 4.39 Å². The Balaban J connectivity index is 1.69. The van der Waals surface area contributed by atoms with Crippen LogP contribution < -0.4 is 0 Å². The first-order valence-corrected chi connectivity index (χ1v) is 8.10. The zero-order chi connectivity index (χ0) is 14.8. The summed E-state index contributed by atoms with van der Waals surface area (Å²) in [6.45, 7) is 0. The third-order valence-electron chi connectivity index (χ3n) is 4.09. The van der Waals surface area contributed by atoms with Crippen molar-refractivity contribution >= 4 is 15.9 Å². The molecule has 1 aromatic heterocycles. The number of nitrogens with zero attached hydrogens (tertiary/aromatic N) is 2. The molecule has 1 atom stereocenters. The maximum atomic E-state index is 13.2. The van der Waals surface area contributed by atoms with Gasteiger partial charge in [0.2, 0.25) is 0 Å². The summed E-state index contributed by atoms with van der Waals surface area (Å²) in [7, 11) is 0. The summed E-state index contributed by atoms with van der Waals surface area (Å²) in [6, 6.07) is 7.06. The van der Waals surface area contributed by atoms with Crippen molar-refractivity contribution < 1.29 is 9.50 Å². The van der Waals surface area contributed by atoms with Gasteiger partial charge in [0, 0.05) is 12.6 Å². The lowest BCUT2D eigenvalue weighted by Crippen LogP contribution is -2.07. The molecule has 0 aliphatic heterocycles. The minimum atomic E-state index is -0.672. The summed E-state index contributed by atoms with van der Waals surface area (Å²) in [5, 5.41) is 14.8. The number of hydrogen-bond acceptors (Lipinski definition) is 2. The van der Waals surface area contributed by atoms with E-state index in [1.54, 1.807) is 12.1 Å². The van der Waals surface area contributed by atoms with Gasteiger partial charge in [-0.25, -0.2) is 4.39 Å². The zero-order valence-electron chi connectivity index (χ0n) is 11.7. The van der Waals surface area contributed by atoms with Crippen LogP contribution in [0.15, 0.2) is 34.9 Å². The highest BCUT2D eigenvalue weighted by atomic mass is 79.9. The fraction of sp³-hybridized carbons (Fsp3) is 0.438. The fourth-order valence-corrected chi connectivity index (χ4v) is 3.29. The van der Waals surface area contributed by atoms with Crippen LogP contribution in [0, 0.1) is 5.82 Å². The van der Waals surface area contributed by atoms with Crippen LogP contribution in [0.5, 0.6) is 0 Å². The van der Waals surface area contributed by atoms with Crippen LogP contribution in [0.2, 0.25) is 0 Å². The van der Waals surface area contributed by atoms with Gasteiger partial charge >= 0.3 is 0 Å². The summed E-state index contributed by atoms with van der Waals surface area (Å²) < 4.78 is 15.6. The number of halogens is 2. The van der Waals surface area contributed by atoms with E-state index >= 15 is 0 Å². The molecule has 3 nitrogen and oxygen atoms in total. The van der Waals surface area contributed by atoms with Gasteiger partial charge in [-0.2, -0.15) is 5.10 Å². The zero-order valence-corrected chi connectivity index (χ0v) is 13.3. The molecule has 1 N–H and O–H groups in total. The highest BCUT2D eigenvalue weighted by Crippen LogP contribution is 2.29. The number of hydrogen-bond donors (Lipinski definition) is 1. The molecule has 1 aliphatic rings. The van der Waals surface area contributed by atoms with Gasteiger partial charge in [0.15, 0.2) is 0 Å². The molecule has 21 heavy (non-hydrogen) atoms. The molecule has 112 valence electrons. The molecule has 1 saturated carbocycles. The first-order chi connectivity index (χ1) is 10.1. The van der Waals surface area contributed by atoms with Crippen LogP contribution in [0.1, 0.15) is 49.1 Å². The van der Waals surface area contributed by atoms with E-state index in [0.717, 1.165) is 5.69 Å². The normalized spacial score (nSPS) is 17.3. The van der Waals surface area contributed by atoms with Crippen LogP contribution >= 0.6 is 15.9 Å². The van der Waals surface area contributed by atoms with Gasteiger partial charge < -0.3 is 5.11 Å². The lowest BCUT2D eigenvalue weighted by Gasteiger charge is -2.11. The largest absolute Gasteiger partial charge is 0.388 e. The van der Waals surface area contributed by atoms with E-state index in [0.29, 0.717) is 22.5 Å². The molecular formula is C16H18BrFN2O. The molecule has 1 aromatic carbocycles. The average molecular weight is 353 g/mol. The summed E-state index contributed by atoms with van der Waals surface area (Å²) in [4.78, 5) is 0. The van der Waals surface area contributed by atoms with Crippen molar-refractivity contribution in [3.05, 3.63) is 52.0 Å². The maximum absolute atomic E-state index is 13.2. The van der Waals surface area contributed by atoms with Gasteiger partial charge in [-0.3, -0.25) is 4.68 Å². The SMILES string of the molecule is OC(Cc1ccn(C2CCCC2)n1)c1ccc(F)c(Br)c1. The predicted molar refractivity (Wildman–Crippen MR) is 82.5 cm³/mol. The van der Waals surface area contributed by atoms with Crippen molar-refractivity contribution in [1.29, 1.82) is 0 Å². The summed E-state index contributed by atoms with van der Waals surface area (Å²) in [6.07, 6.45) is 6.69. The highest BCUT2D eigenvalue weighted by Gasteiger charge is 2.18. The number of aliphatic hydroxyl groups excluding tert-OH is 1. The molecule has 1 aliphatic carbocycles.